The number of hydrogen-bond acceptors (Lipinski definition) is 2. The first kappa shape index (κ1) is 11.0. The summed E-state index contributed by atoms with van der Waals surface area (Å²) in [7, 11) is 0. The summed E-state index contributed by atoms with van der Waals surface area (Å²) in [5.41, 5.74) is 0. The number of likely N-dealkylation sites (tertiary alicyclic amines) is 1. The molecule has 1 saturated heterocycles. The van der Waals surface area contributed by atoms with Crippen LogP contribution in [0.5, 0.6) is 0 Å². The molecule has 1 aliphatic rings. The highest BCUT2D eigenvalue weighted by Crippen LogP contribution is 2.22. The molecule has 78 valence electrons. The molecular weight excluding hydrogens is 162 g/mol. The maximum absolute atomic E-state index is 9.60. The third-order valence-corrected chi connectivity index (χ3v) is 3.27. The van der Waals surface area contributed by atoms with E-state index < -0.39 is 0 Å². The molecule has 1 rings (SSSR count). The lowest BCUT2D eigenvalue weighted by Gasteiger charge is -2.39. The van der Waals surface area contributed by atoms with Gasteiger partial charge in [0.2, 0.25) is 0 Å². The van der Waals surface area contributed by atoms with Gasteiger partial charge in [0.25, 0.3) is 0 Å². The zero-order chi connectivity index (χ0) is 9.84. The van der Waals surface area contributed by atoms with Crippen molar-refractivity contribution in [3.63, 3.8) is 0 Å². The van der Waals surface area contributed by atoms with Crippen molar-refractivity contribution in [2.24, 2.45) is 0 Å². The molecule has 0 saturated carbocycles. The standard InChI is InChI=1S/C11H23NO/c1-4-11(13)8-12-9(2)6-5-7-10(12)3/h9-11,13H,4-8H2,1-3H3/t9-,10-,11-/m1/s1. The fourth-order valence-corrected chi connectivity index (χ4v) is 2.21. The van der Waals surface area contributed by atoms with Crippen LogP contribution in [0.3, 0.4) is 0 Å². The lowest BCUT2D eigenvalue weighted by Crippen LogP contribution is -2.47. The Bertz CT molecular complexity index is 139. The Hall–Kier alpha value is -0.0800. The zero-order valence-electron chi connectivity index (χ0n) is 9.16. The van der Waals surface area contributed by atoms with E-state index in [1.54, 1.807) is 0 Å². The Labute approximate surface area is 81.9 Å². The van der Waals surface area contributed by atoms with Crippen LogP contribution in [0.1, 0.15) is 46.5 Å². The van der Waals surface area contributed by atoms with Gasteiger partial charge in [0, 0.05) is 18.6 Å². The Morgan fingerprint density at radius 1 is 1.31 bits per heavy atom. The van der Waals surface area contributed by atoms with E-state index in [0.717, 1.165) is 13.0 Å². The number of piperidine rings is 1. The first-order valence-electron chi connectivity index (χ1n) is 5.59. The van der Waals surface area contributed by atoms with Crippen LogP contribution in [0.2, 0.25) is 0 Å². The topological polar surface area (TPSA) is 23.5 Å². The molecule has 1 fully saturated rings. The number of aliphatic hydroxyl groups excluding tert-OH is 1. The molecule has 1 heterocycles. The average molecular weight is 185 g/mol. The smallest absolute Gasteiger partial charge is 0.0664 e. The number of β-amino-alcohol motifs (C(OH)–C–C–N with tert-alkyl or cyclic N) is 1. The van der Waals surface area contributed by atoms with Gasteiger partial charge in [-0.1, -0.05) is 13.3 Å². The highest BCUT2D eigenvalue weighted by atomic mass is 16.3. The first-order valence-corrected chi connectivity index (χ1v) is 5.59. The highest BCUT2D eigenvalue weighted by Gasteiger charge is 2.25. The second kappa shape index (κ2) is 4.97. The Balaban J connectivity index is 2.43. The molecule has 0 unspecified atom stereocenters. The van der Waals surface area contributed by atoms with Gasteiger partial charge in [0.15, 0.2) is 0 Å². The van der Waals surface area contributed by atoms with E-state index in [1.165, 1.54) is 19.3 Å². The van der Waals surface area contributed by atoms with Crippen molar-refractivity contribution in [2.75, 3.05) is 6.54 Å². The van der Waals surface area contributed by atoms with E-state index in [4.69, 9.17) is 0 Å². The number of nitrogens with zero attached hydrogens (tertiary/aromatic N) is 1. The molecule has 0 aromatic rings. The van der Waals surface area contributed by atoms with Crippen molar-refractivity contribution in [3.8, 4) is 0 Å². The molecule has 1 aliphatic heterocycles. The van der Waals surface area contributed by atoms with Gasteiger partial charge in [0.05, 0.1) is 6.10 Å². The molecule has 13 heavy (non-hydrogen) atoms. The summed E-state index contributed by atoms with van der Waals surface area (Å²) in [5, 5.41) is 9.60. The van der Waals surface area contributed by atoms with E-state index in [1.807, 2.05) is 6.92 Å². The summed E-state index contributed by atoms with van der Waals surface area (Å²) >= 11 is 0. The van der Waals surface area contributed by atoms with Gasteiger partial charge in [-0.2, -0.15) is 0 Å². The third kappa shape index (κ3) is 2.96. The zero-order valence-corrected chi connectivity index (χ0v) is 9.16. The third-order valence-electron chi connectivity index (χ3n) is 3.27. The minimum absolute atomic E-state index is 0.136. The quantitative estimate of drug-likeness (QED) is 0.727. The summed E-state index contributed by atoms with van der Waals surface area (Å²) in [6.45, 7) is 7.46. The van der Waals surface area contributed by atoms with E-state index in [9.17, 15) is 5.11 Å². The Morgan fingerprint density at radius 3 is 2.31 bits per heavy atom. The molecule has 0 aromatic carbocycles. The van der Waals surface area contributed by atoms with Crippen LogP contribution < -0.4 is 0 Å². The molecule has 0 bridgehead atoms. The molecule has 0 aromatic heterocycles. The fraction of sp³-hybridized carbons (Fsp3) is 1.00. The van der Waals surface area contributed by atoms with E-state index in [2.05, 4.69) is 18.7 Å². The lowest BCUT2D eigenvalue weighted by atomic mass is 9.97. The summed E-state index contributed by atoms with van der Waals surface area (Å²) < 4.78 is 0. The molecule has 0 spiro atoms. The SMILES string of the molecule is CC[C@@H](O)CN1[C@H](C)CCC[C@H]1C. The summed E-state index contributed by atoms with van der Waals surface area (Å²) in [5.74, 6) is 0. The second-order valence-corrected chi connectivity index (χ2v) is 4.39. The van der Waals surface area contributed by atoms with E-state index in [-0.39, 0.29) is 6.10 Å². The van der Waals surface area contributed by atoms with Crippen molar-refractivity contribution in [3.05, 3.63) is 0 Å². The van der Waals surface area contributed by atoms with Crippen LogP contribution in [0.25, 0.3) is 0 Å². The highest BCUT2D eigenvalue weighted by molar-refractivity contribution is 4.80. The van der Waals surface area contributed by atoms with Crippen molar-refractivity contribution >= 4 is 0 Å². The van der Waals surface area contributed by atoms with Crippen molar-refractivity contribution in [1.29, 1.82) is 0 Å². The maximum Gasteiger partial charge on any atom is 0.0664 e. The number of aliphatic hydroxyl groups is 1. The van der Waals surface area contributed by atoms with Gasteiger partial charge in [-0.25, -0.2) is 0 Å². The first-order chi connectivity index (χ1) is 6.15. The van der Waals surface area contributed by atoms with Crippen LogP contribution in [0.4, 0.5) is 0 Å². The summed E-state index contributed by atoms with van der Waals surface area (Å²) in [6, 6.07) is 1.31. The fourth-order valence-electron chi connectivity index (χ4n) is 2.21. The van der Waals surface area contributed by atoms with E-state index >= 15 is 0 Å². The molecule has 3 atom stereocenters. The van der Waals surface area contributed by atoms with Crippen molar-refractivity contribution < 1.29 is 5.11 Å². The minimum Gasteiger partial charge on any atom is -0.392 e. The van der Waals surface area contributed by atoms with Gasteiger partial charge in [-0.3, -0.25) is 4.90 Å². The lowest BCUT2D eigenvalue weighted by molar-refractivity contribution is 0.0403. The predicted molar refractivity (Wildman–Crippen MR) is 55.8 cm³/mol. The molecule has 2 heteroatoms. The van der Waals surface area contributed by atoms with Crippen LogP contribution in [-0.2, 0) is 0 Å². The van der Waals surface area contributed by atoms with Gasteiger partial charge < -0.3 is 5.11 Å². The molecule has 1 N–H and O–H groups in total. The van der Waals surface area contributed by atoms with Gasteiger partial charge in [0.1, 0.15) is 0 Å². The van der Waals surface area contributed by atoms with Crippen molar-refractivity contribution in [2.45, 2.75) is 64.6 Å². The average Bonchev–Trinajstić information content (AvgIpc) is 2.11. The number of rotatable bonds is 3. The molecule has 0 aliphatic carbocycles. The van der Waals surface area contributed by atoms with E-state index in [0.29, 0.717) is 12.1 Å². The molecule has 0 radical (unpaired) electrons. The second-order valence-electron chi connectivity index (χ2n) is 4.39. The van der Waals surface area contributed by atoms with Crippen LogP contribution in [-0.4, -0.2) is 34.7 Å². The minimum atomic E-state index is -0.136. The van der Waals surface area contributed by atoms with Crippen LogP contribution in [0.15, 0.2) is 0 Å². The Morgan fingerprint density at radius 2 is 1.85 bits per heavy atom. The molecule has 0 amide bonds. The largest absolute Gasteiger partial charge is 0.392 e. The van der Waals surface area contributed by atoms with Crippen molar-refractivity contribution in [1.82, 2.24) is 4.90 Å². The van der Waals surface area contributed by atoms with Crippen LogP contribution in [0, 0.1) is 0 Å². The van der Waals surface area contributed by atoms with Gasteiger partial charge in [-0.15, -0.1) is 0 Å². The number of hydrogen-bond donors (Lipinski definition) is 1. The van der Waals surface area contributed by atoms with Gasteiger partial charge in [-0.05, 0) is 33.1 Å². The normalized spacial score (nSPS) is 33.2. The summed E-state index contributed by atoms with van der Waals surface area (Å²) in [4.78, 5) is 2.46. The summed E-state index contributed by atoms with van der Waals surface area (Å²) in [6.07, 6.45) is 4.67. The Kier molecular flexibility index (Phi) is 4.20. The maximum atomic E-state index is 9.60. The predicted octanol–water partition coefficient (Wildman–Crippen LogP) is 2.02. The van der Waals surface area contributed by atoms with Crippen LogP contribution >= 0.6 is 0 Å². The van der Waals surface area contributed by atoms with Gasteiger partial charge >= 0.3 is 0 Å². The molecular formula is C11H23NO. The molecule has 2 nitrogen and oxygen atoms in total. The monoisotopic (exact) mass is 185 g/mol.